The van der Waals surface area contributed by atoms with E-state index in [2.05, 4.69) is 74.6 Å². The van der Waals surface area contributed by atoms with Gasteiger partial charge in [0.2, 0.25) is 0 Å². The Hall–Kier alpha value is -2.11. The monoisotopic (exact) mass is 931 g/mol. The average Bonchev–Trinajstić information content (AvgIpc) is 3.32. The van der Waals surface area contributed by atoms with Crippen molar-refractivity contribution < 1.29 is 44.2 Å². The molecule has 6 unspecified atom stereocenters. The molecule has 9 nitrogen and oxygen atoms in total. The number of hydrogen-bond acceptors (Lipinski definition) is 9. The molecule has 0 aromatic rings. The molecule has 0 aliphatic carbocycles. The van der Waals surface area contributed by atoms with E-state index in [-0.39, 0.29) is 19.2 Å². The zero-order valence-corrected chi connectivity index (χ0v) is 42.4. The van der Waals surface area contributed by atoms with E-state index in [1.54, 1.807) is 0 Å². The van der Waals surface area contributed by atoms with Crippen molar-refractivity contribution in [3.05, 3.63) is 60.8 Å². The van der Waals surface area contributed by atoms with E-state index in [4.69, 9.17) is 18.9 Å². The molecule has 384 valence electrons. The molecule has 1 aliphatic heterocycles. The predicted octanol–water partition coefficient (Wildman–Crippen LogP) is 13.8. The minimum absolute atomic E-state index is 0.119. The zero-order valence-electron chi connectivity index (χ0n) is 42.4. The quantitative estimate of drug-likeness (QED) is 0.0267. The number of esters is 1. The molecule has 1 heterocycles. The Bertz CT molecular complexity index is 1200. The van der Waals surface area contributed by atoms with E-state index in [0.29, 0.717) is 13.0 Å². The molecule has 0 spiro atoms. The van der Waals surface area contributed by atoms with E-state index in [1.165, 1.54) is 141 Å². The molecule has 0 aromatic heterocycles. The fraction of sp³-hybridized carbons (Fsp3) is 0.807. The summed E-state index contributed by atoms with van der Waals surface area (Å²) < 4.78 is 22.9. The standard InChI is InChI=1S/C57H102O9/c1-3-5-7-9-11-13-15-17-19-21-23-25-26-27-28-30-32-34-36-38-40-42-44-46-53(59)65-51(50-64-57-56(62)55(61)54(60)52(48-58)66-57)49-63-47-45-43-41-39-37-35-33-31-29-24-22-20-18-16-14-12-10-8-6-4-2/h6,8,12,14,18,20-21,23-24,29,51-52,54-58,60-62H,3-5,7,9-11,13,15-17,19,22,25-28,30-50H2,1-2H3/b8-6-,14-12-,20-18-,23-21-,29-24-. The molecule has 0 aromatic carbocycles. The molecule has 1 rings (SSSR count). The van der Waals surface area contributed by atoms with Crippen molar-refractivity contribution in [2.24, 2.45) is 0 Å². The summed E-state index contributed by atoms with van der Waals surface area (Å²) in [7, 11) is 0. The van der Waals surface area contributed by atoms with Gasteiger partial charge < -0.3 is 39.4 Å². The van der Waals surface area contributed by atoms with E-state index >= 15 is 0 Å². The van der Waals surface area contributed by atoms with Crippen LogP contribution in [0.4, 0.5) is 0 Å². The maximum atomic E-state index is 12.9. The summed E-state index contributed by atoms with van der Waals surface area (Å²) >= 11 is 0. The van der Waals surface area contributed by atoms with Crippen molar-refractivity contribution in [1.29, 1.82) is 0 Å². The Balaban J connectivity index is 2.18. The van der Waals surface area contributed by atoms with E-state index in [1.807, 2.05) is 0 Å². The Morgan fingerprint density at radius 1 is 0.500 bits per heavy atom. The zero-order chi connectivity index (χ0) is 47.8. The Morgan fingerprint density at radius 3 is 1.41 bits per heavy atom. The van der Waals surface area contributed by atoms with Crippen molar-refractivity contribution in [3.63, 3.8) is 0 Å². The molecule has 1 fully saturated rings. The van der Waals surface area contributed by atoms with Crippen LogP contribution in [0.1, 0.15) is 232 Å². The predicted molar refractivity (Wildman–Crippen MR) is 274 cm³/mol. The second-order valence-corrected chi connectivity index (χ2v) is 18.6. The van der Waals surface area contributed by atoms with E-state index < -0.39 is 43.4 Å². The molecule has 0 saturated carbocycles. The second kappa shape index (κ2) is 47.9. The third kappa shape index (κ3) is 37.8. The number of carbonyl (C=O) groups is 1. The molecule has 6 atom stereocenters. The third-order valence-electron chi connectivity index (χ3n) is 12.4. The van der Waals surface area contributed by atoms with Crippen LogP contribution in [0.25, 0.3) is 0 Å². The van der Waals surface area contributed by atoms with Crippen LogP contribution in [-0.2, 0) is 23.7 Å². The van der Waals surface area contributed by atoms with Gasteiger partial charge in [-0.05, 0) is 77.0 Å². The van der Waals surface area contributed by atoms with E-state index in [0.717, 1.165) is 70.6 Å². The van der Waals surface area contributed by atoms with Crippen LogP contribution in [0.15, 0.2) is 60.8 Å². The summed E-state index contributed by atoms with van der Waals surface area (Å²) in [4.78, 5) is 12.9. The minimum atomic E-state index is -1.54. The lowest BCUT2D eigenvalue weighted by molar-refractivity contribution is -0.305. The van der Waals surface area contributed by atoms with Crippen molar-refractivity contribution in [2.45, 2.75) is 269 Å². The lowest BCUT2D eigenvalue weighted by Gasteiger charge is -2.39. The Kier molecular flexibility index (Phi) is 45.0. The number of rotatable bonds is 47. The van der Waals surface area contributed by atoms with Crippen LogP contribution < -0.4 is 0 Å². The first kappa shape index (κ1) is 61.9. The molecule has 4 N–H and O–H groups in total. The average molecular weight is 931 g/mol. The van der Waals surface area contributed by atoms with Crippen LogP contribution in [0.2, 0.25) is 0 Å². The smallest absolute Gasteiger partial charge is 0.306 e. The van der Waals surface area contributed by atoms with Crippen molar-refractivity contribution in [2.75, 3.05) is 26.4 Å². The highest BCUT2D eigenvalue weighted by molar-refractivity contribution is 5.69. The first-order chi connectivity index (χ1) is 32.4. The first-order valence-corrected chi connectivity index (χ1v) is 27.4. The highest BCUT2D eigenvalue weighted by Crippen LogP contribution is 2.23. The number of ether oxygens (including phenoxy) is 4. The molecule has 9 heteroatoms. The second-order valence-electron chi connectivity index (χ2n) is 18.6. The largest absolute Gasteiger partial charge is 0.457 e. The number of aliphatic hydroxyl groups is 4. The van der Waals surface area contributed by atoms with Crippen molar-refractivity contribution in [1.82, 2.24) is 0 Å². The molecule has 1 saturated heterocycles. The van der Waals surface area contributed by atoms with Gasteiger partial charge >= 0.3 is 5.97 Å². The number of carbonyl (C=O) groups excluding carboxylic acids is 1. The number of aliphatic hydroxyl groups excluding tert-OH is 4. The number of unbranched alkanes of at least 4 members (excludes halogenated alkanes) is 26. The molecule has 66 heavy (non-hydrogen) atoms. The lowest BCUT2D eigenvalue weighted by atomic mass is 9.99. The van der Waals surface area contributed by atoms with Crippen LogP contribution in [0.3, 0.4) is 0 Å². The summed E-state index contributed by atoms with van der Waals surface area (Å²) in [5, 5.41) is 40.3. The first-order valence-electron chi connectivity index (χ1n) is 27.4. The third-order valence-corrected chi connectivity index (χ3v) is 12.4. The normalized spacial score (nSPS) is 19.8. The van der Waals surface area contributed by atoms with Gasteiger partial charge in [0.15, 0.2) is 6.29 Å². The highest BCUT2D eigenvalue weighted by Gasteiger charge is 2.44. The molecular weight excluding hydrogens is 829 g/mol. The number of hydrogen-bond donors (Lipinski definition) is 4. The maximum Gasteiger partial charge on any atom is 0.306 e. The molecule has 0 amide bonds. The molecule has 0 bridgehead atoms. The van der Waals surface area contributed by atoms with Gasteiger partial charge in [0.05, 0.1) is 19.8 Å². The Morgan fingerprint density at radius 2 is 0.924 bits per heavy atom. The minimum Gasteiger partial charge on any atom is -0.457 e. The van der Waals surface area contributed by atoms with Crippen molar-refractivity contribution in [3.8, 4) is 0 Å². The van der Waals surface area contributed by atoms with E-state index in [9.17, 15) is 25.2 Å². The van der Waals surface area contributed by atoms with Crippen LogP contribution in [0, 0.1) is 0 Å². The topological polar surface area (TPSA) is 135 Å². The van der Waals surface area contributed by atoms with Crippen LogP contribution in [0.5, 0.6) is 0 Å². The molecule has 0 radical (unpaired) electrons. The van der Waals surface area contributed by atoms with Gasteiger partial charge in [-0.2, -0.15) is 0 Å². The maximum absolute atomic E-state index is 12.9. The fourth-order valence-electron chi connectivity index (χ4n) is 8.19. The lowest BCUT2D eigenvalue weighted by Crippen LogP contribution is -2.59. The van der Waals surface area contributed by atoms with Gasteiger partial charge in [-0.3, -0.25) is 4.79 Å². The van der Waals surface area contributed by atoms with Gasteiger partial charge in [-0.1, -0.05) is 209 Å². The summed E-state index contributed by atoms with van der Waals surface area (Å²) in [5.41, 5.74) is 0. The SMILES string of the molecule is CC/C=C\C/C=C\C/C=C\C/C=C\CCCCCCCCCOCC(COC1OC(CO)C(O)C(O)C1O)OC(=O)CCCCCCCCCCCCC/C=C\CCCCCCCCCC. The van der Waals surface area contributed by atoms with Crippen LogP contribution in [-0.4, -0.2) is 89.6 Å². The number of allylic oxidation sites excluding steroid dienone is 10. The molecular formula is C57H102O9. The van der Waals surface area contributed by atoms with Gasteiger partial charge in [0.1, 0.15) is 30.5 Å². The van der Waals surface area contributed by atoms with Gasteiger partial charge in [-0.25, -0.2) is 0 Å². The van der Waals surface area contributed by atoms with Gasteiger partial charge in [0.25, 0.3) is 0 Å². The summed E-state index contributed by atoms with van der Waals surface area (Å²) in [6, 6.07) is 0. The van der Waals surface area contributed by atoms with Crippen molar-refractivity contribution >= 4 is 5.97 Å². The summed E-state index contributed by atoms with van der Waals surface area (Å²) in [6.07, 6.45) is 55.4. The van der Waals surface area contributed by atoms with Crippen LogP contribution >= 0.6 is 0 Å². The summed E-state index contributed by atoms with van der Waals surface area (Å²) in [5.74, 6) is -0.318. The molecule has 1 aliphatic rings. The fourth-order valence-corrected chi connectivity index (χ4v) is 8.19. The highest BCUT2D eigenvalue weighted by atomic mass is 16.7. The summed E-state index contributed by atoms with van der Waals surface area (Å²) in [6.45, 7) is 4.44. The Labute approximate surface area is 405 Å². The van der Waals surface area contributed by atoms with Gasteiger partial charge in [-0.15, -0.1) is 0 Å². The van der Waals surface area contributed by atoms with Gasteiger partial charge in [0, 0.05) is 13.0 Å².